The van der Waals surface area contributed by atoms with E-state index in [0.717, 1.165) is 12.8 Å². The van der Waals surface area contributed by atoms with Crippen molar-refractivity contribution in [2.45, 2.75) is 57.8 Å². The second kappa shape index (κ2) is 4.77. The summed E-state index contributed by atoms with van der Waals surface area (Å²) in [7, 11) is 0. The topological polar surface area (TPSA) is 17.1 Å². The van der Waals surface area contributed by atoms with E-state index in [0.29, 0.717) is 5.92 Å². The third kappa shape index (κ3) is 2.26. The van der Waals surface area contributed by atoms with E-state index in [1.807, 2.05) is 0 Å². The molecule has 78 valence electrons. The first kappa shape index (κ1) is 9.95. The van der Waals surface area contributed by atoms with Crippen LogP contribution in [0.2, 0.25) is 0 Å². The van der Waals surface area contributed by atoms with Gasteiger partial charge in [-0.15, -0.1) is 0 Å². The lowest BCUT2D eigenvalue weighted by molar-refractivity contribution is -0.111. The van der Waals surface area contributed by atoms with Crippen molar-refractivity contribution in [2.75, 3.05) is 0 Å². The van der Waals surface area contributed by atoms with E-state index in [1.165, 1.54) is 51.2 Å². The SMILES string of the molecule is O=CC1CCC2=C(CCCCCC2)C1. The molecule has 0 heterocycles. The zero-order valence-electron chi connectivity index (χ0n) is 8.93. The van der Waals surface area contributed by atoms with Gasteiger partial charge >= 0.3 is 0 Å². The second-order valence-electron chi connectivity index (χ2n) is 4.76. The molecule has 2 aliphatic carbocycles. The normalized spacial score (nSPS) is 29.0. The Bertz CT molecular complexity index is 240. The van der Waals surface area contributed by atoms with Gasteiger partial charge < -0.3 is 4.79 Å². The molecule has 0 radical (unpaired) electrons. The molecule has 1 unspecified atom stereocenters. The highest BCUT2D eigenvalue weighted by atomic mass is 16.1. The van der Waals surface area contributed by atoms with Crippen LogP contribution < -0.4 is 0 Å². The number of hydrogen-bond donors (Lipinski definition) is 0. The molecule has 1 nitrogen and oxygen atoms in total. The van der Waals surface area contributed by atoms with Crippen LogP contribution >= 0.6 is 0 Å². The van der Waals surface area contributed by atoms with Crippen molar-refractivity contribution in [1.29, 1.82) is 0 Å². The predicted octanol–water partition coefficient (Wildman–Crippen LogP) is 3.64. The van der Waals surface area contributed by atoms with Gasteiger partial charge in [0, 0.05) is 5.92 Å². The summed E-state index contributed by atoms with van der Waals surface area (Å²) in [5, 5.41) is 0. The first-order valence-electron chi connectivity index (χ1n) is 6.05. The number of aldehydes is 1. The third-order valence-electron chi connectivity index (χ3n) is 3.73. The standard InChI is InChI=1S/C13H20O/c14-10-11-7-8-12-5-3-1-2-4-6-13(12)9-11/h10-11H,1-9H2. The van der Waals surface area contributed by atoms with Crippen molar-refractivity contribution < 1.29 is 4.79 Å². The van der Waals surface area contributed by atoms with E-state index in [4.69, 9.17) is 0 Å². The monoisotopic (exact) mass is 192 g/mol. The van der Waals surface area contributed by atoms with Crippen molar-refractivity contribution in [1.82, 2.24) is 0 Å². The Morgan fingerprint density at radius 3 is 2.36 bits per heavy atom. The van der Waals surface area contributed by atoms with Crippen LogP contribution in [0.5, 0.6) is 0 Å². The largest absolute Gasteiger partial charge is 0.303 e. The van der Waals surface area contributed by atoms with Crippen LogP contribution in [-0.4, -0.2) is 6.29 Å². The Hall–Kier alpha value is -0.590. The molecule has 0 aromatic rings. The average molecular weight is 192 g/mol. The molecule has 1 heteroatoms. The minimum atomic E-state index is 0.341. The van der Waals surface area contributed by atoms with Crippen molar-refractivity contribution >= 4 is 6.29 Å². The van der Waals surface area contributed by atoms with Gasteiger partial charge in [-0.1, -0.05) is 24.0 Å². The van der Waals surface area contributed by atoms with Crippen LogP contribution in [0.4, 0.5) is 0 Å². The fourth-order valence-electron chi connectivity index (χ4n) is 2.83. The Morgan fingerprint density at radius 1 is 0.929 bits per heavy atom. The highest BCUT2D eigenvalue weighted by Crippen LogP contribution is 2.35. The molecular weight excluding hydrogens is 172 g/mol. The van der Waals surface area contributed by atoms with Gasteiger partial charge in [-0.05, 0) is 44.9 Å². The van der Waals surface area contributed by atoms with E-state index in [-0.39, 0.29) is 0 Å². The summed E-state index contributed by atoms with van der Waals surface area (Å²) in [4.78, 5) is 10.8. The van der Waals surface area contributed by atoms with Gasteiger partial charge in [0.15, 0.2) is 0 Å². The number of carbonyl (C=O) groups excluding carboxylic acids is 1. The minimum Gasteiger partial charge on any atom is -0.303 e. The molecule has 1 atom stereocenters. The van der Waals surface area contributed by atoms with E-state index in [2.05, 4.69) is 0 Å². The molecule has 0 aromatic heterocycles. The molecule has 2 rings (SSSR count). The minimum absolute atomic E-state index is 0.341. The summed E-state index contributed by atoms with van der Waals surface area (Å²) in [6.07, 6.45) is 12.7. The highest BCUT2D eigenvalue weighted by molar-refractivity contribution is 5.55. The molecule has 0 bridgehead atoms. The number of hydrogen-bond acceptors (Lipinski definition) is 1. The van der Waals surface area contributed by atoms with Gasteiger partial charge in [0.2, 0.25) is 0 Å². The second-order valence-corrected chi connectivity index (χ2v) is 4.76. The predicted molar refractivity (Wildman–Crippen MR) is 58.1 cm³/mol. The number of allylic oxidation sites excluding steroid dienone is 2. The molecule has 0 saturated carbocycles. The Labute approximate surface area is 86.6 Å². The smallest absolute Gasteiger partial charge is 0.123 e. The lowest BCUT2D eigenvalue weighted by atomic mass is 9.79. The van der Waals surface area contributed by atoms with Crippen LogP contribution in [0.3, 0.4) is 0 Å². The third-order valence-corrected chi connectivity index (χ3v) is 3.73. The maximum absolute atomic E-state index is 10.8. The molecule has 14 heavy (non-hydrogen) atoms. The molecule has 0 aliphatic heterocycles. The first-order chi connectivity index (χ1) is 6.90. The maximum Gasteiger partial charge on any atom is 0.123 e. The van der Waals surface area contributed by atoms with E-state index in [9.17, 15) is 4.79 Å². The van der Waals surface area contributed by atoms with Gasteiger partial charge in [-0.2, -0.15) is 0 Å². The Balaban J connectivity index is 2.07. The molecule has 0 spiro atoms. The summed E-state index contributed by atoms with van der Waals surface area (Å²) >= 11 is 0. The quantitative estimate of drug-likeness (QED) is 0.458. The van der Waals surface area contributed by atoms with Crippen LogP contribution in [0.1, 0.15) is 57.8 Å². The van der Waals surface area contributed by atoms with Gasteiger partial charge in [0.25, 0.3) is 0 Å². The van der Waals surface area contributed by atoms with Crippen molar-refractivity contribution in [2.24, 2.45) is 5.92 Å². The van der Waals surface area contributed by atoms with Crippen LogP contribution in [0.25, 0.3) is 0 Å². The summed E-state index contributed by atoms with van der Waals surface area (Å²) < 4.78 is 0. The van der Waals surface area contributed by atoms with Crippen LogP contribution in [0.15, 0.2) is 11.1 Å². The van der Waals surface area contributed by atoms with Crippen molar-refractivity contribution in [3.63, 3.8) is 0 Å². The van der Waals surface area contributed by atoms with Crippen LogP contribution in [-0.2, 0) is 4.79 Å². The first-order valence-corrected chi connectivity index (χ1v) is 6.05. The van der Waals surface area contributed by atoms with Crippen LogP contribution in [0, 0.1) is 5.92 Å². The van der Waals surface area contributed by atoms with E-state index in [1.54, 1.807) is 11.1 Å². The molecule has 2 aliphatic rings. The summed E-state index contributed by atoms with van der Waals surface area (Å²) in [6.45, 7) is 0. The molecule has 0 aromatic carbocycles. The lowest BCUT2D eigenvalue weighted by Gasteiger charge is -2.26. The fourth-order valence-corrected chi connectivity index (χ4v) is 2.83. The number of carbonyl (C=O) groups is 1. The molecule has 0 saturated heterocycles. The van der Waals surface area contributed by atoms with Gasteiger partial charge in [0.05, 0.1) is 0 Å². The zero-order chi connectivity index (χ0) is 9.80. The Morgan fingerprint density at radius 2 is 1.64 bits per heavy atom. The van der Waals surface area contributed by atoms with Crippen molar-refractivity contribution in [3.8, 4) is 0 Å². The number of rotatable bonds is 1. The zero-order valence-corrected chi connectivity index (χ0v) is 8.93. The van der Waals surface area contributed by atoms with Crippen molar-refractivity contribution in [3.05, 3.63) is 11.1 Å². The lowest BCUT2D eigenvalue weighted by Crippen LogP contribution is -2.13. The fraction of sp³-hybridized carbons (Fsp3) is 0.769. The summed E-state index contributed by atoms with van der Waals surface area (Å²) in [5.41, 5.74) is 3.36. The average Bonchev–Trinajstić information content (AvgIpc) is 2.18. The Kier molecular flexibility index (Phi) is 3.39. The highest BCUT2D eigenvalue weighted by Gasteiger charge is 2.20. The summed E-state index contributed by atoms with van der Waals surface area (Å²) in [5.74, 6) is 0.341. The van der Waals surface area contributed by atoms with E-state index < -0.39 is 0 Å². The van der Waals surface area contributed by atoms with Gasteiger partial charge in [0.1, 0.15) is 6.29 Å². The van der Waals surface area contributed by atoms with Gasteiger partial charge in [-0.3, -0.25) is 0 Å². The molecule has 0 amide bonds. The summed E-state index contributed by atoms with van der Waals surface area (Å²) in [6, 6.07) is 0. The molecule has 0 N–H and O–H groups in total. The van der Waals surface area contributed by atoms with E-state index >= 15 is 0 Å². The van der Waals surface area contributed by atoms with Gasteiger partial charge in [-0.25, -0.2) is 0 Å². The molecular formula is C13H20O. The maximum atomic E-state index is 10.8. The molecule has 0 fully saturated rings.